The molecule has 118 valence electrons. The summed E-state index contributed by atoms with van der Waals surface area (Å²) in [6, 6.07) is 0. The SMILES string of the molecule is C=C1C[C@@H]2OC(=O)C(=C)[C@@H]2[C@@H](OC(C)=O)/C=C(\C)CCC1=O. The molecule has 1 aliphatic heterocycles. The summed E-state index contributed by atoms with van der Waals surface area (Å²) in [5.74, 6) is -1.48. The molecule has 1 heterocycles. The maximum atomic E-state index is 12.0. The van der Waals surface area contributed by atoms with Crippen LogP contribution in [0.4, 0.5) is 0 Å². The molecule has 1 saturated heterocycles. The lowest BCUT2D eigenvalue weighted by molar-refractivity contribution is -0.147. The molecule has 0 aromatic carbocycles. The van der Waals surface area contributed by atoms with Crippen LogP contribution in [-0.4, -0.2) is 29.9 Å². The fourth-order valence-electron chi connectivity index (χ4n) is 2.84. The first-order valence-electron chi connectivity index (χ1n) is 7.25. The second kappa shape index (κ2) is 6.30. The highest BCUT2D eigenvalue weighted by molar-refractivity contribution is 5.95. The number of hydrogen-bond donors (Lipinski definition) is 0. The van der Waals surface area contributed by atoms with Gasteiger partial charge in [-0.15, -0.1) is 0 Å². The van der Waals surface area contributed by atoms with Crippen LogP contribution in [0.25, 0.3) is 0 Å². The van der Waals surface area contributed by atoms with Gasteiger partial charge in [0, 0.05) is 25.3 Å². The summed E-state index contributed by atoms with van der Waals surface area (Å²) in [6.45, 7) is 10.7. The van der Waals surface area contributed by atoms with Gasteiger partial charge in [-0.25, -0.2) is 4.79 Å². The van der Waals surface area contributed by atoms with Crippen LogP contribution in [0.3, 0.4) is 0 Å². The normalized spacial score (nSPS) is 31.9. The van der Waals surface area contributed by atoms with Crippen molar-refractivity contribution in [3.63, 3.8) is 0 Å². The standard InChI is InChI=1S/C17H20O5/c1-9-5-6-13(19)10(2)8-15-16(11(3)17(20)22-15)14(7-9)21-12(4)18/h7,14-16H,2-3,5-6,8H2,1,4H3/b9-7+/t14-,15-,16+/m0/s1. The van der Waals surface area contributed by atoms with E-state index in [1.54, 1.807) is 6.08 Å². The van der Waals surface area contributed by atoms with Gasteiger partial charge in [0.1, 0.15) is 12.2 Å². The lowest BCUT2D eigenvalue weighted by Gasteiger charge is -2.26. The number of rotatable bonds is 1. The van der Waals surface area contributed by atoms with Crippen LogP contribution in [0.1, 0.15) is 33.1 Å². The molecular formula is C17H20O5. The largest absolute Gasteiger partial charge is 0.458 e. The smallest absolute Gasteiger partial charge is 0.334 e. The number of ether oxygens (including phenoxy) is 2. The van der Waals surface area contributed by atoms with Crippen molar-refractivity contribution in [3.05, 3.63) is 36.0 Å². The molecule has 0 spiro atoms. The topological polar surface area (TPSA) is 69.7 Å². The number of esters is 2. The van der Waals surface area contributed by atoms with Gasteiger partial charge in [0.05, 0.1) is 5.92 Å². The van der Waals surface area contributed by atoms with Crippen LogP contribution in [0.5, 0.6) is 0 Å². The molecule has 5 nitrogen and oxygen atoms in total. The summed E-state index contributed by atoms with van der Waals surface area (Å²) in [5, 5.41) is 0. The minimum Gasteiger partial charge on any atom is -0.458 e. The maximum Gasteiger partial charge on any atom is 0.334 e. The molecule has 0 radical (unpaired) electrons. The van der Waals surface area contributed by atoms with E-state index in [2.05, 4.69) is 13.2 Å². The molecular weight excluding hydrogens is 284 g/mol. The van der Waals surface area contributed by atoms with Crippen molar-refractivity contribution >= 4 is 17.7 Å². The molecule has 1 fully saturated rings. The van der Waals surface area contributed by atoms with Crippen molar-refractivity contribution < 1.29 is 23.9 Å². The minimum absolute atomic E-state index is 0.0361. The third kappa shape index (κ3) is 3.35. The number of carbonyl (C=O) groups is 3. The van der Waals surface area contributed by atoms with Crippen molar-refractivity contribution in [2.75, 3.05) is 0 Å². The number of Topliss-reactive ketones (excluding diaryl/α,β-unsaturated/α-hetero) is 1. The summed E-state index contributed by atoms with van der Waals surface area (Å²) in [7, 11) is 0. The zero-order valence-corrected chi connectivity index (χ0v) is 12.9. The van der Waals surface area contributed by atoms with Gasteiger partial charge in [-0.2, -0.15) is 0 Å². The second-order valence-electron chi connectivity index (χ2n) is 5.81. The van der Waals surface area contributed by atoms with Crippen LogP contribution in [0, 0.1) is 5.92 Å². The lowest BCUT2D eigenvalue weighted by atomic mass is 9.84. The maximum absolute atomic E-state index is 12.0. The van der Waals surface area contributed by atoms with Crippen molar-refractivity contribution in [1.82, 2.24) is 0 Å². The zero-order valence-electron chi connectivity index (χ0n) is 12.9. The Kier molecular flexibility index (Phi) is 4.64. The van der Waals surface area contributed by atoms with Crippen LogP contribution in [0.15, 0.2) is 36.0 Å². The molecule has 0 saturated carbocycles. The van der Waals surface area contributed by atoms with Gasteiger partial charge in [0.25, 0.3) is 0 Å². The monoisotopic (exact) mass is 304 g/mol. The van der Waals surface area contributed by atoms with Gasteiger partial charge >= 0.3 is 11.9 Å². The highest BCUT2D eigenvalue weighted by atomic mass is 16.6. The van der Waals surface area contributed by atoms with E-state index in [0.717, 1.165) is 5.57 Å². The first-order chi connectivity index (χ1) is 10.3. The van der Waals surface area contributed by atoms with Crippen molar-refractivity contribution in [2.24, 2.45) is 5.92 Å². The van der Waals surface area contributed by atoms with Gasteiger partial charge in [-0.05, 0) is 25.0 Å². The Morgan fingerprint density at radius 3 is 2.64 bits per heavy atom. The van der Waals surface area contributed by atoms with Crippen LogP contribution in [-0.2, 0) is 23.9 Å². The van der Waals surface area contributed by atoms with Crippen LogP contribution >= 0.6 is 0 Å². The highest BCUT2D eigenvalue weighted by Crippen LogP contribution is 2.36. The average molecular weight is 304 g/mol. The number of ketones is 1. The van der Waals surface area contributed by atoms with E-state index in [0.29, 0.717) is 18.4 Å². The Balaban J connectivity index is 2.42. The molecule has 0 N–H and O–H groups in total. The predicted molar refractivity (Wildman–Crippen MR) is 79.8 cm³/mol. The summed E-state index contributed by atoms with van der Waals surface area (Å²) in [5.41, 5.74) is 1.61. The summed E-state index contributed by atoms with van der Waals surface area (Å²) >= 11 is 0. The zero-order chi connectivity index (χ0) is 16.4. The number of allylic oxidation sites excluding steroid dienone is 1. The number of carbonyl (C=O) groups excluding carboxylic acids is 3. The van der Waals surface area contributed by atoms with Crippen LogP contribution in [0.2, 0.25) is 0 Å². The molecule has 1 aliphatic carbocycles. The van der Waals surface area contributed by atoms with Gasteiger partial charge in [0.2, 0.25) is 0 Å². The Labute approximate surface area is 129 Å². The third-order valence-corrected chi connectivity index (χ3v) is 4.02. The fraction of sp³-hybridized carbons (Fsp3) is 0.471. The van der Waals surface area contributed by atoms with E-state index in [1.165, 1.54) is 6.92 Å². The molecule has 2 aliphatic rings. The summed E-state index contributed by atoms with van der Waals surface area (Å²) in [6.07, 6.45) is 1.73. The van der Waals surface area contributed by atoms with Gasteiger partial charge in [-0.3, -0.25) is 9.59 Å². The molecule has 3 atom stereocenters. The Hall–Kier alpha value is -2.17. The molecule has 0 unspecified atom stereocenters. The molecule has 0 bridgehead atoms. The molecule has 2 rings (SSSR count). The van der Waals surface area contributed by atoms with E-state index in [9.17, 15) is 14.4 Å². The first kappa shape index (κ1) is 16.2. The average Bonchev–Trinajstić information content (AvgIpc) is 2.69. The first-order valence-corrected chi connectivity index (χ1v) is 7.25. The molecule has 22 heavy (non-hydrogen) atoms. The van der Waals surface area contributed by atoms with Crippen molar-refractivity contribution in [3.8, 4) is 0 Å². The third-order valence-electron chi connectivity index (χ3n) is 4.02. The number of hydrogen-bond acceptors (Lipinski definition) is 5. The minimum atomic E-state index is -0.623. The van der Waals surface area contributed by atoms with Crippen LogP contribution < -0.4 is 0 Å². The van der Waals surface area contributed by atoms with E-state index in [1.807, 2.05) is 6.92 Å². The lowest BCUT2D eigenvalue weighted by Crippen LogP contribution is -2.33. The Bertz CT molecular complexity index is 584. The molecule has 0 amide bonds. The van der Waals surface area contributed by atoms with E-state index in [-0.39, 0.29) is 17.8 Å². The van der Waals surface area contributed by atoms with Gasteiger partial charge in [-0.1, -0.05) is 18.7 Å². The van der Waals surface area contributed by atoms with Crippen molar-refractivity contribution in [1.29, 1.82) is 0 Å². The molecule has 0 aromatic rings. The predicted octanol–water partition coefficient (Wildman–Crippen LogP) is 2.27. The second-order valence-corrected chi connectivity index (χ2v) is 5.81. The molecule has 5 heteroatoms. The summed E-state index contributed by atoms with van der Waals surface area (Å²) < 4.78 is 10.7. The van der Waals surface area contributed by atoms with E-state index in [4.69, 9.17) is 9.47 Å². The van der Waals surface area contributed by atoms with E-state index < -0.39 is 30.1 Å². The highest BCUT2D eigenvalue weighted by Gasteiger charge is 2.44. The Morgan fingerprint density at radius 2 is 2.00 bits per heavy atom. The quantitative estimate of drug-likeness (QED) is 0.422. The van der Waals surface area contributed by atoms with Crippen molar-refractivity contribution in [2.45, 2.75) is 45.3 Å². The molecule has 0 aromatic heterocycles. The fourth-order valence-corrected chi connectivity index (χ4v) is 2.84. The number of fused-ring (bicyclic) bond motifs is 1. The van der Waals surface area contributed by atoms with E-state index >= 15 is 0 Å². The van der Waals surface area contributed by atoms with Gasteiger partial charge in [0.15, 0.2) is 5.78 Å². The Morgan fingerprint density at radius 1 is 1.32 bits per heavy atom. The summed E-state index contributed by atoms with van der Waals surface area (Å²) in [4.78, 5) is 35.2. The van der Waals surface area contributed by atoms with Gasteiger partial charge < -0.3 is 9.47 Å².